The quantitative estimate of drug-likeness (QED) is 0.919. The second-order valence-corrected chi connectivity index (χ2v) is 5.32. The molecule has 2 aromatic rings. The summed E-state index contributed by atoms with van der Waals surface area (Å²) in [5.41, 5.74) is 2.02. The van der Waals surface area contributed by atoms with E-state index in [1.807, 2.05) is 41.2 Å². The van der Waals surface area contributed by atoms with Crippen LogP contribution in [0.5, 0.6) is 0 Å². The number of aliphatic hydroxyl groups is 1. The van der Waals surface area contributed by atoms with Gasteiger partial charge in [0.1, 0.15) is 5.69 Å². The van der Waals surface area contributed by atoms with E-state index in [-0.39, 0.29) is 6.61 Å². The minimum atomic E-state index is 0.288. The van der Waals surface area contributed by atoms with Crippen molar-refractivity contribution in [3.8, 4) is 11.3 Å². The van der Waals surface area contributed by atoms with Crippen molar-refractivity contribution in [1.29, 1.82) is 0 Å². The van der Waals surface area contributed by atoms with Crippen molar-refractivity contribution in [3.63, 3.8) is 0 Å². The summed E-state index contributed by atoms with van der Waals surface area (Å²) in [7, 11) is 0. The monoisotopic (exact) mass is 257 g/mol. The van der Waals surface area contributed by atoms with Crippen molar-refractivity contribution in [3.05, 3.63) is 36.5 Å². The lowest BCUT2D eigenvalue weighted by atomic mass is 9.86. The van der Waals surface area contributed by atoms with Gasteiger partial charge in [0.15, 0.2) is 0 Å². The fraction of sp³-hybridized carbons (Fsp3) is 0.467. The fourth-order valence-corrected chi connectivity index (χ4v) is 2.87. The molecule has 2 unspecified atom stereocenters. The van der Waals surface area contributed by atoms with E-state index in [1.54, 1.807) is 0 Å². The molecule has 2 atom stereocenters. The highest BCUT2D eigenvalue weighted by Gasteiger charge is 2.23. The Labute approximate surface area is 113 Å². The molecule has 0 saturated heterocycles. The molecule has 0 amide bonds. The summed E-state index contributed by atoms with van der Waals surface area (Å²) in [4.78, 5) is 0. The molecule has 1 aromatic carbocycles. The van der Waals surface area contributed by atoms with Gasteiger partial charge < -0.3 is 5.11 Å². The summed E-state index contributed by atoms with van der Waals surface area (Å²) >= 11 is 0. The van der Waals surface area contributed by atoms with Gasteiger partial charge in [-0.2, -0.15) is 0 Å². The third-order valence-corrected chi connectivity index (χ3v) is 3.97. The molecular weight excluding hydrogens is 238 g/mol. The fourth-order valence-electron chi connectivity index (χ4n) is 2.87. The SMILES string of the molecule is OCC1CCCC(n2cc(-c3ccccc3)nn2)C1. The van der Waals surface area contributed by atoms with Gasteiger partial charge in [-0.15, -0.1) is 5.10 Å². The van der Waals surface area contributed by atoms with E-state index >= 15 is 0 Å². The van der Waals surface area contributed by atoms with Gasteiger partial charge in [0.05, 0.1) is 12.2 Å². The molecule has 1 aliphatic rings. The second kappa shape index (κ2) is 5.53. The summed E-state index contributed by atoms with van der Waals surface area (Å²) in [6.45, 7) is 0.288. The zero-order chi connectivity index (χ0) is 13.1. The molecule has 1 fully saturated rings. The minimum Gasteiger partial charge on any atom is -0.396 e. The van der Waals surface area contributed by atoms with Gasteiger partial charge in [0.25, 0.3) is 0 Å². The van der Waals surface area contributed by atoms with Gasteiger partial charge >= 0.3 is 0 Å². The third-order valence-electron chi connectivity index (χ3n) is 3.97. The highest BCUT2D eigenvalue weighted by Crippen LogP contribution is 2.32. The molecule has 1 saturated carbocycles. The van der Waals surface area contributed by atoms with Gasteiger partial charge in [-0.3, -0.25) is 0 Å². The molecule has 1 aliphatic carbocycles. The number of hydrogen-bond acceptors (Lipinski definition) is 3. The van der Waals surface area contributed by atoms with E-state index in [4.69, 9.17) is 0 Å². The molecule has 0 spiro atoms. The van der Waals surface area contributed by atoms with Crippen LogP contribution in [0.25, 0.3) is 11.3 Å². The topological polar surface area (TPSA) is 50.9 Å². The lowest BCUT2D eigenvalue weighted by Crippen LogP contribution is -2.21. The predicted molar refractivity (Wildman–Crippen MR) is 73.5 cm³/mol. The van der Waals surface area contributed by atoms with E-state index in [9.17, 15) is 5.11 Å². The average Bonchev–Trinajstić information content (AvgIpc) is 2.98. The Morgan fingerprint density at radius 1 is 1.21 bits per heavy atom. The molecule has 3 rings (SSSR count). The first kappa shape index (κ1) is 12.4. The van der Waals surface area contributed by atoms with Crippen LogP contribution in [0.2, 0.25) is 0 Å². The summed E-state index contributed by atoms with van der Waals surface area (Å²) in [5, 5.41) is 17.8. The van der Waals surface area contributed by atoms with Crippen molar-refractivity contribution in [1.82, 2.24) is 15.0 Å². The average molecular weight is 257 g/mol. The Kier molecular flexibility index (Phi) is 3.60. The molecule has 1 heterocycles. The van der Waals surface area contributed by atoms with Gasteiger partial charge in [0, 0.05) is 12.2 Å². The van der Waals surface area contributed by atoms with Crippen molar-refractivity contribution >= 4 is 0 Å². The molecule has 0 bridgehead atoms. The normalized spacial score (nSPS) is 23.4. The van der Waals surface area contributed by atoms with Crippen LogP contribution < -0.4 is 0 Å². The molecule has 19 heavy (non-hydrogen) atoms. The number of nitrogens with zero attached hydrogens (tertiary/aromatic N) is 3. The van der Waals surface area contributed by atoms with Crippen LogP contribution in [0.1, 0.15) is 31.7 Å². The Morgan fingerprint density at radius 3 is 2.84 bits per heavy atom. The summed E-state index contributed by atoms with van der Waals surface area (Å²) in [6, 6.07) is 10.5. The maximum Gasteiger partial charge on any atom is 0.113 e. The number of aliphatic hydroxyl groups excluding tert-OH is 1. The Hall–Kier alpha value is -1.68. The molecule has 0 aliphatic heterocycles. The van der Waals surface area contributed by atoms with Crippen LogP contribution in [-0.4, -0.2) is 26.7 Å². The first-order chi connectivity index (χ1) is 9.36. The molecule has 100 valence electrons. The number of hydrogen-bond donors (Lipinski definition) is 1. The van der Waals surface area contributed by atoms with E-state index in [2.05, 4.69) is 10.3 Å². The second-order valence-electron chi connectivity index (χ2n) is 5.32. The highest BCUT2D eigenvalue weighted by molar-refractivity contribution is 5.57. The van der Waals surface area contributed by atoms with E-state index < -0.39 is 0 Å². The Bertz CT molecular complexity index is 523. The van der Waals surface area contributed by atoms with Crippen LogP contribution in [-0.2, 0) is 0 Å². The van der Waals surface area contributed by atoms with Crippen LogP contribution in [0.15, 0.2) is 36.5 Å². The lowest BCUT2D eigenvalue weighted by molar-refractivity contribution is 0.157. The zero-order valence-corrected chi connectivity index (χ0v) is 10.9. The standard InChI is InChI=1S/C15H19N3O/c19-11-12-5-4-8-14(9-12)18-10-15(16-17-18)13-6-2-1-3-7-13/h1-3,6-7,10,12,14,19H,4-5,8-9,11H2. The summed E-state index contributed by atoms with van der Waals surface area (Å²) < 4.78 is 1.98. The van der Waals surface area contributed by atoms with Crippen molar-refractivity contribution in [2.45, 2.75) is 31.7 Å². The minimum absolute atomic E-state index is 0.288. The van der Waals surface area contributed by atoms with Gasteiger partial charge in [-0.05, 0) is 25.2 Å². The Balaban J connectivity index is 1.78. The van der Waals surface area contributed by atoms with E-state index in [0.717, 1.165) is 36.9 Å². The van der Waals surface area contributed by atoms with Crippen molar-refractivity contribution < 1.29 is 5.11 Å². The van der Waals surface area contributed by atoms with Gasteiger partial charge in [-0.1, -0.05) is 42.0 Å². The third kappa shape index (κ3) is 2.68. The molecule has 0 radical (unpaired) electrons. The van der Waals surface area contributed by atoms with Crippen molar-refractivity contribution in [2.75, 3.05) is 6.61 Å². The predicted octanol–water partition coefficient (Wildman–Crippen LogP) is 2.67. The van der Waals surface area contributed by atoms with Gasteiger partial charge in [0.2, 0.25) is 0 Å². The van der Waals surface area contributed by atoms with E-state index in [1.165, 1.54) is 0 Å². The molecule has 1 aromatic heterocycles. The van der Waals surface area contributed by atoms with Crippen LogP contribution >= 0.6 is 0 Å². The first-order valence-corrected chi connectivity index (χ1v) is 6.95. The van der Waals surface area contributed by atoms with Crippen LogP contribution in [0.3, 0.4) is 0 Å². The summed E-state index contributed by atoms with van der Waals surface area (Å²) in [6.07, 6.45) is 6.46. The largest absolute Gasteiger partial charge is 0.396 e. The molecule has 1 N–H and O–H groups in total. The van der Waals surface area contributed by atoms with Crippen LogP contribution in [0, 0.1) is 5.92 Å². The smallest absolute Gasteiger partial charge is 0.113 e. The zero-order valence-electron chi connectivity index (χ0n) is 10.9. The van der Waals surface area contributed by atoms with Crippen LogP contribution in [0.4, 0.5) is 0 Å². The summed E-state index contributed by atoms with van der Waals surface area (Å²) in [5.74, 6) is 0.420. The highest BCUT2D eigenvalue weighted by atomic mass is 16.3. The number of benzene rings is 1. The molecular formula is C15H19N3O. The van der Waals surface area contributed by atoms with Crippen molar-refractivity contribution in [2.24, 2.45) is 5.92 Å². The lowest BCUT2D eigenvalue weighted by Gasteiger charge is -2.27. The van der Waals surface area contributed by atoms with Gasteiger partial charge in [-0.25, -0.2) is 4.68 Å². The molecule has 4 nitrogen and oxygen atoms in total. The Morgan fingerprint density at radius 2 is 2.05 bits per heavy atom. The first-order valence-electron chi connectivity index (χ1n) is 6.95. The maximum absolute atomic E-state index is 9.29. The maximum atomic E-state index is 9.29. The number of rotatable bonds is 3. The molecule has 4 heteroatoms. The number of aromatic nitrogens is 3. The van der Waals surface area contributed by atoms with E-state index in [0.29, 0.717) is 12.0 Å².